The largest absolute Gasteiger partial charge is 0.481 e. The summed E-state index contributed by atoms with van der Waals surface area (Å²) >= 11 is 0. The van der Waals surface area contributed by atoms with Crippen LogP contribution >= 0.6 is 0 Å². The summed E-state index contributed by atoms with van der Waals surface area (Å²) in [4.78, 5) is 24.8. The summed E-state index contributed by atoms with van der Waals surface area (Å²) in [6.07, 6.45) is 6.99. The predicted molar refractivity (Wildman–Crippen MR) is 72.7 cm³/mol. The molecule has 19 heavy (non-hydrogen) atoms. The van der Waals surface area contributed by atoms with Gasteiger partial charge in [0, 0.05) is 25.4 Å². The summed E-state index contributed by atoms with van der Waals surface area (Å²) in [6.45, 7) is 3.18. The van der Waals surface area contributed by atoms with Gasteiger partial charge in [-0.2, -0.15) is 0 Å². The number of carboxylic acid groups (broad SMARTS) is 1. The average Bonchev–Trinajstić information content (AvgIpc) is 2.39. The maximum absolute atomic E-state index is 12.3. The molecule has 1 saturated carbocycles. The highest BCUT2D eigenvalue weighted by Gasteiger charge is 2.38. The van der Waals surface area contributed by atoms with Crippen molar-refractivity contribution >= 4 is 11.9 Å². The smallest absolute Gasteiger partial charge is 0.303 e. The van der Waals surface area contributed by atoms with Crippen molar-refractivity contribution in [2.45, 2.75) is 64.3 Å². The molecule has 3 atom stereocenters. The second-order valence-corrected chi connectivity index (χ2v) is 6.12. The molecular weight excluding hydrogens is 242 g/mol. The molecule has 1 amide bonds. The summed E-state index contributed by atoms with van der Waals surface area (Å²) in [6, 6.07) is 0.426. The Morgan fingerprint density at radius 1 is 1.16 bits per heavy atom. The quantitative estimate of drug-likeness (QED) is 0.852. The Morgan fingerprint density at radius 2 is 1.89 bits per heavy atom. The number of hydrogen-bond donors (Lipinski definition) is 1. The van der Waals surface area contributed by atoms with E-state index in [1.54, 1.807) is 0 Å². The van der Waals surface area contributed by atoms with E-state index in [1.165, 1.54) is 19.3 Å². The second kappa shape index (κ2) is 6.40. The van der Waals surface area contributed by atoms with Crippen LogP contribution in [0, 0.1) is 11.8 Å². The summed E-state index contributed by atoms with van der Waals surface area (Å²) in [5.74, 6) is 0.764. The first-order valence-electron chi connectivity index (χ1n) is 7.61. The fourth-order valence-electron chi connectivity index (χ4n) is 3.76. The van der Waals surface area contributed by atoms with Gasteiger partial charge in [0.1, 0.15) is 0 Å². The van der Waals surface area contributed by atoms with Crippen LogP contribution in [0.4, 0.5) is 0 Å². The van der Waals surface area contributed by atoms with Crippen molar-refractivity contribution < 1.29 is 14.7 Å². The minimum atomic E-state index is -0.810. The molecule has 1 saturated heterocycles. The molecule has 4 nitrogen and oxygen atoms in total. The van der Waals surface area contributed by atoms with Gasteiger partial charge in [-0.15, -0.1) is 0 Å². The van der Waals surface area contributed by atoms with Gasteiger partial charge in [0.25, 0.3) is 0 Å². The number of fused-ring (bicyclic) bond motifs is 1. The molecule has 4 heteroatoms. The molecule has 0 radical (unpaired) electrons. The summed E-state index contributed by atoms with van der Waals surface area (Å²) < 4.78 is 0. The number of carboxylic acids is 1. The maximum Gasteiger partial charge on any atom is 0.303 e. The number of carbonyl (C=O) groups excluding carboxylic acids is 1. The van der Waals surface area contributed by atoms with Gasteiger partial charge in [0.15, 0.2) is 0 Å². The van der Waals surface area contributed by atoms with Crippen molar-refractivity contribution in [3.8, 4) is 0 Å². The SMILES string of the molecule is CC1CCN(C(=O)CCCC(=O)O)C2CCCCC12. The van der Waals surface area contributed by atoms with Crippen molar-refractivity contribution in [3.05, 3.63) is 0 Å². The molecule has 1 N–H and O–H groups in total. The van der Waals surface area contributed by atoms with Gasteiger partial charge in [-0.05, 0) is 37.5 Å². The molecular formula is C15H25NO3. The number of rotatable bonds is 4. The normalized spacial score (nSPS) is 30.8. The molecule has 1 aliphatic carbocycles. The minimum absolute atomic E-state index is 0.101. The minimum Gasteiger partial charge on any atom is -0.481 e. The van der Waals surface area contributed by atoms with Crippen LogP contribution in [-0.2, 0) is 9.59 Å². The highest BCUT2D eigenvalue weighted by Crippen LogP contribution is 2.39. The molecule has 0 aromatic rings. The lowest BCUT2D eigenvalue weighted by molar-refractivity contribution is -0.140. The molecule has 1 aliphatic heterocycles. The van der Waals surface area contributed by atoms with Gasteiger partial charge in [-0.25, -0.2) is 0 Å². The molecule has 108 valence electrons. The van der Waals surface area contributed by atoms with Crippen LogP contribution in [0.3, 0.4) is 0 Å². The van der Waals surface area contributed by atoms with Gasteiger partial charge in [-0.1, -0.05) is 19.8 Å². The Kier molecular flexibility index (Phi) is 4.83. The molecule has 0 bridgehead atoms. The van der Waals surface area contributed by atoms with E-state index in [4.69, 9.17) is 5.11 Å². The maximum atomic E-state index is 12.3. The van der Waals surface area contributed by atoms with E-state index in [9.17, 15) is 9.59 Å². The Labute approximate surface area is 115 Å². The van der Waals surface area contributed by atoms with E-state index >= 15 is 0 Å². The Balaban J connectivity index is 1.91. The highest BCUT2D eigenvalue weighted by atomic mass is 16.4. The van der Waals surface area contributed by atoms with Crippen molar-refractivity contribution in [1.82, 2.24) is 4.90 Å². The molecule has 0 aromatic heterocycles. The third-order valence-corrected chi connectivity index (χ3v) is 4.84. The van der Waals surface area contributed by atoms with Crippen molar-refractivity contribution in [2.75, 3.05) is 6.54 Å². The first-order chi connectivity index (χ1) is 9.09. The number of nitrogens with zero attached hydrogens (tertiary/aromatic N) is 1. The summed E-state index contributed by atoms with van der Waals surface area (Å²) in [7, 11) is 0. The zero-order valence-corrected chi connectivity index (χ0v) is 11.8. The lowest BCUT2D eigenvalue weighted by Crippen LogP contribution is -2.52. The molecule has 1 heterocycles. The first-order valence-corrected chi connectivity index (χ1v) is 7.61. The number of amides is 1. The molecule has 0 aromatic carbocycles. The van der Waals surface area contributed by atoms with Crippen molar-refractivity contribution in [1.29, 1.82) is 0 Å². The van der Waals surface area contributed by atoms with Crippen LogP contribution in [-0.4, -0.2) is 34.5 Å². The van der Waals surface area contributed by atoms with E-state index in [1.807, 2.05) is 0 Å². The zero-order chi connectivity index (χ0) is 13.8. The highest BCUT2D eigenvalue weighted by molar-refractivity contribution is 5.77. The van der Waals surface area contributed by atoms with Crippen molar-refractivity contribution in [2.24, 2.45) is 11.8 Å². The van der Waals surface area contributed by atoms with Crippen LogP contribution in [0.1, 0.15) is 58.3 Å². The number of aliphatic carboxylic acids is 1. The van der Waals surface area contributed by atoms with Crippen molar-refractivity contribution in [3.63, 3.8) is 0 Å². The van der Waals surface area contributed by atoms with Gasteiger partial charge in [0.05, 0.1) is 0 Å². The number of carbonyl (C=O) groups is 2. The van der Waals surface area contributed by atoms with E-state index in [-0.39, 0.29) is 12.3 Å². The van der Waals surface area contributed by atoms with Gasteiger partial charge in [-0.3, -0.25) is 9.59 Å². The van der Waals surface area contributed by atoms with E-state index in [0.717, 1.165) is 25.3 Å². The monoisotopic (exact) mass is 267 g/mol. The van der Waals surface area contributed by atoms with E-state index in [2.05, 4.69) is 11.8 Å². The van der Waals surface area contributed by atoms with E-state index in [0.29, 0.717) is 24.8 Å². The fourth-order valence-corrected chi connectivity index (χ4v) is 3.76. The Bertz CT molecular complexity index is 342. The summed E-state index contributed by atoms with van der Waals surface area (Å²) in [5.41, 5.74) is 0. The Morgan fingerprint density at radius 3 is 2.63 bits per heavy atom. The van der Waals surface area contributed by atoms with Crippen LogP contribution in [0.15, 0.2) is 0 Å². The topological polar surface area (TPSA) is 57.6 Å². The fraction of sp³-hybridized carbons (Fsp3) is 0.867. The number of likely N-dealkylation sites (tertiary alicyclic amines) is 1. The van der Waals surface area contributed by atoms with Crippen LogP contribution in [0.5, 0.6) is 0 Å². The van der Waals surface area contributed by atoms with Crippen LogP contribution in [0.25, 0.3) is 0 Å². The standard InChI is InChI=1S/C15H25NO3/c1-11-9-10-16(13-6-3-2-5-12(11)13)14(17)7-4-8-15(18)19/h11-13H,2-10H2,1H3,(H,18,19). The second-order valence-electron chi connectivity index (χ2n) is 6.12. The molecule has 2 fully saturated rings. The van der Waals surface area contributed by atoms with Gasteiger partial charge in [0.2, 0.25) is 5.91 Å². The summed E-state index contributed by atoms with van der Waals surface area (Å²) in [5, 5.41) is 8.63. The first kappa shape index (κ1) is 14.4. The third-order valence-electron chi connectivity index (χ3n) is 4.84. The third kappa shape index (κ3) is 3.48. The lowest BCUT2D eigenvalue weighted by atomic mass is 9.72. The average molecular weight is 267 g/mol. The van der Waals surface area contributed by atoms with Crippen LogP contribution < -0.4 is 0 Å². The van der Waals surface area contributed by atoms with Gasteiger partial charge < -0.3 is 10.0 Å². The van der Waals surface area contributed by atoms with Crippen LogP contribution in [0.2, 0.25) is 0 Å². The number of hydrogen-bond acceptors (Lipinski definition) is 2. The number of piperidine rings is 1. The molecule has 2 rings (SSSR count). The van der Waals surface area contributed by atoms with E-state index < -0.39 is 5.97 Å². The van der Waals surface area contributed by atoms with Gasteiger partial charge >= 0.3 is 5.97 Å². The molecule has 2 aliphatic rings. The predicted octanol–water partition coefficient (Wildman–Crippen LogP) is 2.67. The Hall–Kier alpha value is -1.06. The molecule has 0 spiro atoms. The zero-order valence-electron chi connectivity index (χ0n) is 11.8. The molecule has 3 unspecified atom stereocenters. The lowest BCUT2D eigenvalue weighted by Gasteiger charge is -2.47.